The van der Waals surface area contributed by atoms with Crippen LogP contribution in [0.1, 0.15) is 96.4 Å². The molecule has 0 radical (unpaired) electrons. The molecule has 0 fully saturated rings. The van der Waals surface area contributed by atoms with Crippen molar-refractivity contribution in [2.45, 2.75) is 97.2 Å². The summed E-state index contributed by atoms with van der Waals surface area (Å²) >= 11 is 0. The predicted octanol–water partition coefficient (Wildman–Crippen LogP) is 6.83. The Morgan fingerprint density at radius 2 is 1.37 bits per heavy atom. The zero-order valence-electron chi connectivity index (χ0n) is 23.8. The first kappa shape index (κ1) is 29.2. The minimum atomic E-state index is -1.62. The third kappa shape index (κ3) is 6.17. The molecule has 2 aliphatic rings. The fraction of sp³-hybridized carbons (Fsp3) is 0.469. The van der Waals surface area contributed by atoms with Crippen LogP contribution in [0.25, 0.3) is 0 Å². The van der Waals surface area contributed by atoms with Crippen molar-refractivity contribution in [2.24, 2.45) is 0 Å². The fourth-order valence-electron chi connectivity index (χ4n) is 5.51. The monoisotopic (exact) mass is 519 g/mol. The van der Waals surface area contributed by atoms with Crippen LogP contribution in [0.3, 0.4) is 0 Å². The van der Waals surface area contributed by atoms with Crippen molar-refractivity contribution in [3.63, 3.8) is 0 Å². The lowest BCUT2D eigenvalue weighted by Gasteiger charge is -2.46. The molecular formula is C32H41NO5. The molecule has 3 rings (SSSR count). The summed E-state index contributed by atoms with van der Waals surface area (Å²) in [5, 5.41) is 3.12. The molecule has 1 aromatic rings. The van der Waals surface area contributed by atoms with E-state index < -0.39 is 17.7 Å². The lowest BCUT2D eigenvalue weighted by atomic mass is 9.61. The van der Waals surface area contributed by atoms with Gasteiger partial charge in [-0.2, -0.15) is 0 Å². The van der Waals surface area contributed by atoms with Gasteiger partial charge in [0.1, 0.15) is 0 Å². The minimum Gasteiger partial charge on any atom is -0.415 e. The second kappa shape index (κ2) is 11.5. The first-order chi connectivity index (χ1) is 17.9. The van der Waals surface area contributed by atoms with Crippen LogP contribution in [0.15, 0.2) is 54.7 Å². The number of benzene rings is 1. The van der Waals surface area contributed by atoms with Crippen LogP contribution >= 0.6 is 0 Å². The number of amides is 1. The molecule has 0 saturated heterocycles. The summed E-state index contributed by atoms with van der Waals surface area (Å²) in [7, 11) is 0. The molecular weight excluding hydrogens is 478 g/mol. The van der Waals surface area contributed by atoms with E-state index in [0.29, 0.717) is 24.8 Å². The average Bonchev–Trinajstić information content (AvgIpc) is 2.82. The van der Waals surface area contributed by atoms with E-state index in [1.165, 1.54) is 19.1 Å². The molecule has 6 heteroatoms. The standard InChI is InChI=1S/C32H41NO5/c1-8-10-12-16-26(35)37-32(38-27(36)17-13-11-9-2)18-14-15-23-24(32)21-25-28(29(23)33-22(3)34)31(6,7)20-19-30(25,4)5/h8-13,16-17,21H,14-15,18-20H2,1-7H3,(H,33,34)/b10-8?,11-9?,16-12-,17-13?. The number of nitrogens with one attached hydrogen (secondary N) is 1. The molecule has 1 atom stereocenters. The van der Waals surface area contributed by atoms with Crippen LogP contribution in [0, 0.1) is 0 Å². The summed E-state index contributed by atoms with van der Waals surface area (Å²) in [4.78, 5) is 38.4. The molecule has 0 bridgehead atoms. The van der Waals surface area contributed by atoms with Gasteiger partial charge in [-0.15, -0.1) is 0 Å². The largest absolute Gasteiger partial charge is 0.415 e. The highest BCUT2D eigenvalue weighted by Crippen LogP contribution is 2.54. The summed E-state index contributed by atoms with van der Waals surface area (Å²) in [5.41, 5.74) is 4.05. The van der Waals surface area contributed by atoms with Gasteiger partial charge in [0.2, 0.25) is 5.91 Å². The van der Waals surface area contributed by atoms with E-state index in [2.05, 4.69) is 39.1 Å². The highest BCUT2D eigenvalue weighted by molar-refractivity contribution is 5.92. The Labute approximate surface area is 226 Å². The van der Waals surface area contributed by atoms with E-state index in [-0.39, 0.29) is 16.7 Å². The molecule has 0 heterocycles. The quantitative estimate of drug-likeness (QED) is 0.185. The molecule has 2 aliphatic carbocycles. The van der Waals surface area contributed by atoms with Crippen LogP contribution in [0.5, 0.6) is 0 Å². The van der Waals surface area contributed by atoms with E-state index in [0.717, 1.165) is 35.2 Å². The lowest BCUT2D eigenvalue weighted by molar-refractivity contribution is -0.233. The first-order valence-electron chi connectivity index (χ1n) is 13.4. The summed E-state index contributed by atoms with van der Waals surface area (Å²) in [6.45, 7) is 14.0. The maximum atomic E-state index is 13.0. The number of allylic oxidation sites excluding steroid dienone is 6. The Bertz CT molecular complexity index is 1180. The maximum absolute atomic E-state index is 13.0. The second-order valence-corrected chi connectivity index (χ2v) is 11.4. The molecule has 0 aromatic heterocycles. The van der Waals surface area contributed by atoms with E-state index in [1.54, 1.807) is 36.5 Å². The molecule has 0 aliphatic heterocycles. The van der Waals surface area contributed by atoms with Gasteiger partial charge in [0.05, 0.1) is 0 Å². The smallest absolute Gasteiger partial charge is 0.334 e. The van der Waals surface area contributed by atoms with Gasteiger partial charge in [-0.1, -0.05) is 64.2 Å². The van der Waals surface area contributed by atoms with Gasteiger partial charge in [0, 0.05) is 36.7 Å². The molecule has 0 spiro atoms. The summed E-state index contributed by atoms with van der Waals surface area (Å²) in [6, 6.07) is 2.06. The Balaban J connectivity index is 2.30. The highest BCUT2D eigenvalue weighted by Gasteiger charge is 2.48. The van der Waals surface area contributed by atoms with Gasteiger partial charge >= 0.3 is 11.9 Å². The molecule has 1 N–H and O–H groups in total. The number of rotatable bonds is 7. The summed E-state index contributed by atoms with van der Waals surface area (Å²) in [5.74, 6) is -3.02. The maximum Gasteiger partial charge on any atom is 0.334 e. The molecule has 6 nitrogen and oxygen atoms in total. The van der Waals surface area contributed by atoms with Gasteiger partial charge in [0.25, 0.3) is 5.79 Å². The fourth-order valence-corrected chi connectivity index (χ4v) is 5.51. The van der Waals surface area contributed by atoms with Gasteiger partial charge in [0.15, 0.2) is 0 Å². The van der Waals surface area contributed by atoms with E-state index in [9.17, 15) is 14.4 Å². The van der Waals surface area contributed by atoms with Crippen molar-refractivity contribution in [3.8, 4) is 0 Å². The van der Waals surface area contributed by atoms with E-state index >= 15 is 0 Å². The zero-order chi connectivity index (χ0) is 28.1. The third-order valence-electron chi connectivity index (χ3n) is 7.46. The predicted molar refractivity (Wildman–Crippen MR) is 151 cm³/mol. The number of hydrogen-bond acceptors (Lipinski definition) is 5. The molecule has 1 unspecified atom stereocenters. The zero-order valence-corrected chi connectivity index (χ0v) is 23.8. The van der Waals surface area contributed by atoms with Crippen molar-refractivity contribution >= 4 is 23.5 Å². The number of fused-ring (bicyclic) bond motifs is 2. The van der Waals surface area contributed by atoms with Crippen LogP contribution in [-0.4, -0.2) is 17.8 Å². The van der Waals surface area contributed by atoms with Gasteiger partial charge < -0.3 is 14.8 Å². The molecule has 0 saturated carbocycles. The normalized spacial score (nSPS) is 22.0. The molecule has 38 heavy (non-hydrogen) atoms. The molecule has 1 aromatic carbocycles. The van der Waals surface area contributed by atoms with Crippen molar-refractivity contribution in [1.29, 1.82) is 0 Å². The third-order valence-corrected chi connectivity index (χ3v) is 7.46. The van der Waals surface area contributed by atoms with Crippen molar-refractivity contribution in [1.82, 2.24) is 0 Å². The van der Waals surface area contributed by atoms with E-state index in [1.807, 2.05) is 13.8 Å². The van der Waals surface area contributed by atoms with Crippen LogP contribution in [0.4, 0.5) is 5.69 Å². The lowest BCUT2D eigenvalue weighted by Crippen LogP contribution is -2.42. The number of carbonyl (C=O) groups excluding carboxylic acids is 3. The first-order valence-corrected chi connectivity index (χ1v) is 13.4. The van der Waals surface area contributed by atoms with Crippen LogP contribution in [-0.2, 0) is 46.9 Å². The summed E-state index contributed by atoms with van der Waals surface area (Å²) in [6.07, 6.45) is 16.4. The Kier molecular flexibility index (Phi) is 8.86. The summed E-state index contributed by atoms with van der Waals surface area (Å²) < 4.78 is 12.1. The minimum absolute atomic E-state index is 0.171. The number of esters is 2. The molecule has 1 amide bonds. The Hall–Kier alpha value is -3.41. The number of ether oxygens (including phenoxy) is 2. The van der Waals surface area contributed by atoms with Crippen LogP contribution in [0.2, 0.25) is 0 Å². The average molecular weight is 520 g/mol. The number of hydrogen-bond donors (Lipinski definition) is 1. The van der Waals surface area contributed by atoms with Crippen molar-refractivity contribution in [3.05, 3.63) is 76.9 Å². The van der Waals surface area contributed by atoms with Crippen LogP contribution < -0.4 is 5.32 Å². The SMILES string of the molecule is CC=CC=CC(=O)OC1(OC(=O)/C=C\C=CC)CCCc2c1cc1c(c2NC(C)=O)C(C)(C)CCC1(C)C. The van der Waals surface area contributed by atoms with Gasteiger partial charge in [-0.25, -0.2) is 9.59 Å². The number of carbonyl (C=O) groups is 3. The van der Waals surface area contributed by atoms with E-state index in [4.69, 9.17) is 9.47 Å². The van der Waals surface area contributed by atoms with Crippen molar-refractivity contribution in [2.75, 3.05) is 5.32 Å². The Morgan fingerprint density at radius 3 is 1.89 bits per heavy atom. The van der Waals surface area contributed by atoms with Gasteiger partial charge in [-0.05, 0) is 73.1 Å². The topological polar surface area (TPSA) is 81.7 Å². The van der Waals surface area contributed by atoms with Gasteiger partial charge in [-0.3, -0.25) is 4.79 Å². The number of anilines is 1. The second-order valence-electron chi connectivity index (χ2n) is 11.4. The Morgan fingerprint density at radius 1 is 0.816 bits per heavy atom. The molecule has 204 valence electrons. The highest BCUT2D eigenvalue weighted by atomic mass is 16.7. The van der Waals surface area contributed by atoms with Crippen molar-refractivity contribution < 1.29 is 23.9 Å².